The topological polar surface area (TPSA) is 63.2 Å². The number of carbonyl (C=O) groups is 3. The maximum absolute atomic E-state index is 12.6. The zero-order chi connectivity index (χ0) is 20.7. The molecule has 0 heterocycles. The molecule has 0 radical (unpaired) electrons. The Morgan fingerprint density at radius 3 is 1.56 bits per heavy atom. The smallest absolute Gasteiger partial charge is 0.223 e. The van der Waals surface area contributed by atoms with E-state index in [4.69, 9.17) is 0 Å². The zero-order valence-electron chi connectivity index (χ0n) is 18.4. The van der Waals surface area contributed by atoms with E-state index in [1.54, 1.807) is 0 Å². The van der Waals surface area contributed by atoms with E-state index in [1.165, 1.54) is 0 Å². The highest BCUT2D eigenvalue weighted by Crippen LogP contribution is 2.20. The predicted molar refractivity (Wildman–Crippen MR) is 113 cm³/mol. The maximum Gasteiger partial charge on any atom is 0.223 e. The van der Waals surface area contributed by atoms with E-state index in [0.717, 1.165) is 51.4 Å². The van der Waals surface area contributed by atoms with Gasteiger partial charge in [0, 0.05) is 37.1 Å². The van der Waals surface area contributed by atoms with E-state index in [2.05, 4.69) is 33.0 Å². The van der Waals surface area contributed by atoms with Gasteiger partial charge < -0.3 is 5.32 Å². The molecular formula is C23H43NO3. The Hall–Kier alpha value is -1.19. The number of hydrogen-bond acceptors (Lipinski definition) is 3. The molecule has 0 spiro atoms. The molecular weight excluding hydrogens is 338 g/mol. The number of rotatable bonds is 17. The van der Waals surface area contributed by atoms with Gasteiger partial charge in [-0.25, -0.2) is 0 Å². The van der Waals surface area contributed by atoms with Crippen LogP contribution in [-0.2, 0) is 14.4 Å². The molecule has 0 aromatic carbocycles. The lowest BCUT2D eigenvalue weighted by atomic mass is 9.87. The van der Waals surface area contributed by atoms with Gasteiger partial charge in [0.2, 0.25) is 5.91 Å². The van der Waals surface area contributed by atoms with Gasteiger partial charge in [-0.3, -0.25) is 14.4 Å². The Morgan fingerprint density at radius 1 is 0.630 bits per heavy atom. The third kappa shape index (κ3) is 10.7. The van der Waals surface area contributed by atoms with Crippen molar-refractivity contribution in [2.45, 2.75) is 105 Å². The summed E-state index contributed by atoms with van der Waals surface area (Å²) in [5.74, 6) is 0.425. The lowest BCUT2D eigenvalue weighted by molar-refractivity contribution is -0.126. The van der Waals surface area contributed by atoms with E-state index in [1.807, 2.05) is 6.92 Å². The summed E-state index contributed by atoms with van der Waals surface area (Å²) in [6.07, 6.45) is 9.11. The highest BCUT2D eigenvalue weighted by Gasteiger charge is 2.23. The molecule has 0 saturated carbocycles. The summed E-state index contributed by atoms with van der Waals surface area (Å²) in [5, 5.41) is 3.00. The van der Waals surface area contributed by atoms with Gasteiger partial charge in [0.05, 0.1) is 0 Å². The molecule has 4 nitrogen and oxygen atoms in total. The van der Waals surface area contributed by atoms with Crippen molar-refractivity contribution < 1.29 is 14.4 Å². The van der Waals surface area contributed by atoms with Crippen molar-refractivity contribution in [2.75, 3.05) is 6.54 Å². The molecule has 0 aliphatic carbocycles. The third-order valence-corrected chi connectivity index (χ3v) is 5.44. The molecule has 0 fully saturated rings. The first-order valence-corrected chi connectivity index (χ1v) is 11.3. The van der Waals surface area contributed by atoms with Gasteiger partial charge in [-0.1, -0.05) is 60.3 Å². The fraction of sp³-hybridized carbons (Fsp3) is 0.870. The molecule has 0 aliphatic heterocycles. The van der Waals surface area contributed by atoms with Crippen molar-refractivity contribution in [1.29, 1.82) is 0 Å². The summed E-state index contributed by atoms with van der Waals surface area (Å²) in [4.78, 5) is 37.3. The lowest BCUT2D eigenvalue weighted by Crippen LogP contribution is -2.37. The summed E-state index contributed by atoms with van der Waals surface area (Å²) in [6, 6.07) is 0. The largest absolute Gasteiger partial charge is 0.355 e. The highest BCUT2D eigenvalue weighted by atomic mass is 16.2. The summed E-state index contributed by atoms with van der Waals surface area (Å²) < 4.78 is 0. The van der Waals surface area contributed by atoms with Crippen LogP contribution in [0, 0.1) is 17.8 Å². The Bertz CT molecular complexity index is 389. The molecule has 0 aromatic heterocycles. The molecule has 1 unspecified atom stereocenters. The van der Waals surface area contributed by atoms with Crippen LogP contribution in [0.1, 0.15) is 105 Å². The SMILES string of the molecule is CCCC(CCC)C(=O)CCC(CNC(=O)C(CCC)CCC)C(=O)CC. The van der Waals surface area contributed by atoms with Crippen molar-refractivity contribution >= 4 is 17.5 Å². The average molecular weight is 382 g/mol. The molecule has 1 atom stereocenters. The lowest BCUT2D eigenvalue weighted by Gasteiger charge is -2.20. The number of hydrogen-bond donors (Lipinski definition) is 1. The molecule has 27 heavy (non-hydrogen) atoms. The standard InChI is InChI=1S/C23H43NO3/c1-6-11-18(12-7-2)22(26)16-15-20(21(25)10-5)17-24-23(27)19(13-8-3)14-9-4/h18-20H,6-17H2,1-5H3,(H,24,27). The molecule has 0 saturated heterocycles. The quantitative estimate of drug-likeness (QED) is 0.363. The van der Waals surface area contributed by atoms with Crippen LogP contribution in [0.4, 0.5) is 0 Å². The maximum atomic E-state index is 12.6. The molecule has 1 amide bonds. The predicted octanol–water partition coefficient (Wildman–Crippen LogP) is 5.48. The molecule has 4 heteroatoms. The second kappa shape index (κ2) is 15.8. The van der Waals surface area contributed by atoms with E-state index < -0.39 is 0 Å². The first-order chi connectivity index (χ1) is 12.9. The molecule has 158 valence electrons. The van der Waals surface area contributed by atoms with Gasteiger partial charge in [0.25, 0.3) is 0 Å². The first-order valence-electron chi connectivity index (χ1n) is 11.3. The summed E-state index contributed by atoms with van der Waals surface area (Å²) in [6.45, 7) is 10.6. The van der Waals surface area contributed by atoms with E-state index in [0.29, 0.717) is 25.8 Å². The van der Waals surface area contributed by atoms with Gasteiger partial charge in [-0.15, -0.1) is 0 Å². The second-order valence-corrected chi connectivity index (χ2v) is 7.82. The van der Waals surface area contributed by atoms with E-state index in [9.17, 15) is 14.4 Å². The monoisotopic (exact) mass is 381 g/mol. The van der Waals surface area contributed by atoms with Gasteiger partial charge in [-0.2, -0.15) is 0 Å². The minimum absolute atomic E-state index is 0.0394. The van der Waals surface area contributed by atoms with Gasteiger partial charge >= 0.3 is 0 Å². The van der Waals surface area contributed by atoms with E-state index >= 15 is 0 Å². The van der Waals surface area contributed by atoms with Crippen LogP contribution in [0.15, 0.2) is 0 Å². The van der Waals surface area contributed by atoms with Crippen molar-refractivity contribution in [3.8, 4) is 0 Å². The minimum Gasteiger partial charge on any atom is -0.355 e. The van der Waals surface area contributed by atoms with Gasteiger partial charge in [-0.05, 0) is 32.1 Å². The molecule has 1 N–H and O–H groups in total. The van der Waals surface area contributed by atoms with Crippen LogP contribution in [0.5, 0.6) is 0 Å². The van der Waals surface area contributed by atoms with E-state index in [-0.39, 0.29) is 35.2 Å². The summed E-state index contributed by atoms with van der Waals surface area (Å²) in [7, 11) is 0. The molecule has 0 bridgehead atoms. The number of amides is 1. The van der Waals surface area contributed by atoms with Crippen LogP contribution >= 0.6 is 0 Å². The van der Waals surface area contributed by atoms with Crippen LogP contribution in [0.2, 0.25) is 0 Å². The summed E-state index contributed by atoms with van der Waals surface area (Å²) in [5.41, 5.74) is 0. The van der Waals surface area contributed by atoms with Crippen LogP contribution in [0.3, 0.4) is 0 Å². The van der Waals surface area contributed by atoms with Crippen molar-refractivity contribution in [1.82, 2.24) is 5.32 Å². The number of nitrogens with one attached hydrogen (secondary N) is 1. The van der Waals surface area contributed by atoms with Crippen molar-refractivity contribution in [3.05, 3.63) is 0 Å². The fourth-order valence-electron chi connectivity index (χ4n) is 3.82. The molecule has 0 rings (SSSR count). The minimum atomic E-state index is -0.240. The normalized spacial score (nSPS) is 12.4. The number of carbonyl (C=O) groups excluding carboxylic acids is 3. The van der Waals surface area contributed by atoms with Crippen LogP contribution < -0.4 is 5.32 Å². The highest BCUT2D eigenvalue weighted by molar-refractivity contribution is 5.85. The molecule has 0 aromatic rings. The van der Waals surface area contributed by atoms with Gasteiger partial charge in [0.1, 0.15) is 11.6 Å². The number of Topliss-reactive ketones (excluding diaryl/α,β-unsaturated/α-hetero) is 2. The second-order valence-electron chi connectivity index (χ2n) is 7.82. The Morgan fingerprint density at radius 2 is 1.11 bits per heavy atom. The van der Waals surface area contributed by atoms with Gasteiger partial charge in [0.15, 0.2) is 0 Å². The van der Waals surface area contributed by atoms with Crippen molar-refractivity contribution in [2.24, 2.45) is 17.8 Å². The Kier molecular flexibility index (Phi) is 15.1. The fourth-order valence-corrected chi connectivity index (χ4v) is 3.82. The average Bonchev–Trinajstić information content (AvgIpc) is 2.66. The zero-order valence-corrected chi connectivity index (χ0v) is 18.4. The third-order valence-electron chi connectivity index (χ3n) is 5.44. The Balaban J connectivity index is 4.73. The van der Waals surface area contributed by atoms with Crippen LogP contribution in [0.25, 0.3) is 0 Å². The Labute approximate surface area is 167 Å². The molecule has 0 aliphatic rings. The van der Waals surface area contributed by atoms with Crippen molar-refractivity contribution in [3.63, 3.8) is 0 Å². The van der Waals surface area contributed by atoms with Crippen LogP contribution in [-0.4, -0.2) is 24.0 Å². The first kappa shape index (κ1) is 25.8. The summed E-state index contributed by atoms with van der Waals surface area (Å²) >= 11 is 0. The number of ketones is 2.